The molecule has 0 bridgehead atoms. The maximum absolute atomic E-state index is 13.0. The van der Waals surface area contributed by atoms with Crippen molar-refractivity contribution in [2.45, 2.75) is 6.92 Å². The lowest BCUT2D eigenvalue weighted by Crippen LogP contribution is -2.13. The number of anilines is 1. The number of halogens is 2. The van der Waals surface area contributed by atoms with Crippen LogP contribution in [0.3, 0.4) is 0 Å². The predicted octanol–water partition coefficient (Wildman–Crippen LogP) is 2.79. The number of nitrogens with zero attached hydrogens (tertiary/aromatic N) is 2. The number of nitrogens with one attached hydrogen (secondary N) is 1. The van der Waals surface area contributed by atoms with E-state index in [2.05, 4.69) is 15.3 Å². The lowest BCUT2D eigenvalue weighted by molar-refractivity contribution is 0.100. The van der Waals surface area contributed by atoms with Gasteiger partial charge in [-0.25, -0.2) is 14.4 Å². The number of amides is 1. The Balaban J connectivity index is 2.20. The largest absolute Gasteiger partial charge is 0.298 e. The van der Waals surface area contributed by atoms with Crippen LogP contribution in [0.2, 0.25) is 5.15 Å². The van der Waals surface area contributed by atoms with E-state index in [0.717, 1.165) is 23.6 Å². The molecule has 0 aliphatic carbocycles. The summed E-state index contributed by atoms with van der Waals surface area (Å²) >= 11 is 6.79. The summed E-state index contributed by atoms with van der Waals surface area (Å²) in [4.78, 5) is 30.4. The van der Waals surface area contributed by atoms with E-state index >= 15 is 0 Å². The predicted molar refractivity (Wildman–Crippen MR) is 69.3 cm³/mol. The van der Waals surface area contributed by atoms with Crippen LogP contribution in [0.1, 0.15) is 27.8 Å². The molecule has 19 heavy (non-hydrogen) atoms. The van der Waals surface area contributed by atoms with Crippen LogP contribution in [0.4, 0.5) is 9.52 Å². The molecule has 0 fully saturated rings. The maximum atomic E-state index is 13.0. The Morgan fingerprint density at radius 1 is 1.47 bits per heavy atom. The summed E-state index contributed by atoms with van der Waals surface area (Å²) in [6.07, 6.45) is 0.913. The van der Waals surface area contributed by atoms with Gasteiger partial charge in [0.1, 0.15) is 16.7 Å². The van der Waals surface area contributed by atoms with Gasteiger partial charge in [-0.3, -0.25) is 14.9 Å². The van der Waals surface area contributed by atoms with E-state index in [4.69, 9.17) is 11.6 Å². The minimum Gasteiger partial charge on any atom is -0.298 e. The van der Waals surface area contributed by atoms with Crippen LogP contribution in [0.15, 0.2) is 17.6 Å². The molecule has 2 aromatic heterocycles. The molecule has 0 atom stereocenters. The van der Waals surface area contributed by atoms with Gasteiger partial charge in [-0.15, -0.1) is 11.3 Å². The van der Waals surface area contributed by atoms with Crippen molar-refractivity contribution >= 4 is 39.8 Å². The highest BCUT2D eigenvalue weighted by Gasteiger charge is 2.15. The summed E-state index contributed by atoms with van der Waals surface area (Å²) in [6, 6.07) is 0.976. The zero-order valence-electron chi connectivity index (χ0n) is 9.61. The lowest BCUT2D eigenvalue weighted by atomic mass is 10.2. The van der Waals surface area contributed by atoms with E-state index in [9.17, 15) is 14.0 Å². The molecule has 2 heterocycles. The van der Waals surface area contributed by atoms with Gasteiger partial charge < -0.3 is 0 Å². The van der Waals surface area contributed by atoms with Crippen LogP contribution in [-0.2, 0) is 0 Å². The maximum Gasteiger partial charge on any atom is 0.260 e. The van der Waals surface area contributed by atoms with Gasteiger partial charge in [-0.05, 0) is 6.07 Å². The van der Waals surface area contributed by atoms with E-state index < -0.39 is 11.7 Å². The third-order valence-corrected chi connectivity index (χ3v) is 3.19. The van der Waals surface area contributed by atoms with E-state index in [-0.39, 0.29) is 27.3 Å². The zero-order chi connectivity index (χ0) is 14.0. The van der Waals surface area contributed by atoms with Gasteiger partial charge in [-0.2, -0.15) is 0 Å². The van der Waals surface area contributed by atoms with Crippen molar-refractivity contribution in [1.82, 2.24) is 9.97 Å². The van der Waals surface area contributed by atoms with Gasteiger partial charge in [-0.1, -0.05) is 11.6 Å². The van der Waals surface area contributed by atoms with Crippen molar-refractivity contribution in [3.63, 3.8) is 0 Å². The first kappa shape index (κ1) is 13.6. The first-order valence-corrected chi connectivity index (χ1v) is 6.32. The van der Waals surface area contributed by atoms with Gasteiger partial charge in [0.25, 0.3) is 5.91 Å². The number of hydrogen-bond acceptors (Lipinski definition) is 5. The Kier molecular flexibility index (Phi) is 3.87. The Labute approximate surface area is 116 Å². The topological polar surface area (TPSA) is 72.0 Å². The highest BCUT2D eigenvalue weighted by atomic mass is 35.5. The molecule has 8 heteroatoms. The molecule has 1 N–H and O–H groups in total. The summed E-state index contributed by atoms with van der Waals surface area (Å²) < 4.78 is 13.0. The number of carbonyl (C=O) groups is 2. The van der Waals surface area contributed by atoms with Gasteiger partial charge in [0, 0.05) is 12.3 Å². The number of aromatic nitrogens is 2. The second-order valence-corrected chi connectivity index (χ2v) is 4.76. The SMILES string of the molecule is CC(=O)c1csc(NC(=O)c2cc(F)cnc2Cl)n1. The van der Waals surface area contributed by atoms with Crippen LogP contribution in [0.5, 0.6) is 0 Å². The van der Waals surface area contributed by atoms with Crippen molar-refractivity contribution in [1.29, 1.82) is 0 Å². The first-order valence-electron chi connectivity index (χ1n) is 5.06. The van der Waals surface area contributed by atoms with Crippen LogP contribution in [-0.4, -0.2) is 21.7 Å². The Morgan fingerprint density at radius 2 is 2.21 bits per heavy atom. The number of ketones is 1. The number of rotatable bonds is 3. The molecule has 0 aliphatic heterocycles. The zero-order valence-corrected chi connectivity index (χ0v) is 11.2. The van der Waals surface area contributed by atoms with Gasteiger partial charge >= 0.3 is 0 Å². The van der Waals surface area contributed by atoms with Gasteiger partial charge in [0.2, 0.25) is 0 Å². The summed E-state index contributed by atoms with van der Waals surface area (Å²) in [7, 11) is 0. The number of hydrogen-bond donors (Lipinski definition) is 1. The van der Waals surface area contributed by atoms with Gasteiger partial charge in [0.15, 0.2) is 10.9 Å². The Bertz CT molecular complexity index is 659. The average molecular weight is 300 g/mol. The summed E-state index contributed by atoms with van der Waals surface area (Å²) in [5.41, 5.74) is 0.157. The Hall–Kier alpha value is -1.86. The number of carbonyl (C=O) groups excluding carboxylic acids is 2. The fourth-order valence-electron chi connectivity index (χ4n) is 1.24. The summed E-state index contributed by atoms with van der Waals surface area (Å²) in [6.45, 7) is 1.37. The number of Topliss-reactive ketones (excluding diaryl/α,β-unsaturated/α-hetero) is 1. The molecule has 5 nitrogen and oxygen atoms in total. The molecule has 0 saturated carbocycles. The lowest BCUT2D eigenvalue weighted by Gasteiger charge is -2.03. The molecular formula is C11H7ClFN3O2S. The Morgan fingerprint density at radius 3 is 2.84 bits per heavy atom. The fraction of sp³-hybridized carbons (Fsp3) is 0.0909. The van der Waals surface area contributed by atoms with Crippen molar-refractivity contribution in [2.24, 2.45) is 0 Å². The highest BCUT2D eigenvalue weighted by Crippen LogP contribution is 2.19. The molecule has 0 aliphatic rings. The van der Waals surface area contributed by atoms with E-state index in [0.29, 0.717) is 0 Å². The number of thiazole rings is 1. The minimum atomic E-state index is -0.668. The summed E-state index contributed by atoms with van der Waals surface area (Å²) in [5, 5.41) is 4.07. The standard InChI is InChI=1S/C11H7ClFN3O2S/c1-5(17)8-4-19-11(15-8)16-10(18)7-2-6(13)3-14-9(7)12/h2-4H,1H3,(H,15,16,18). The second-order valence-electron chi connectivity index (χ2n) is 3.54. The molecule has 0 spiro atoms. The van der Waals surface area contributed by atoms with Crippen LogP contribution in [0.25, 0.3) is 0 Å². The van der Waals surface area contributed by atoms with Crippen LogP contribution < -0.4 is 5.32 Å². The molecular weight excluding hydrogens is 293 g/mol. The van der Waals surface area contributed by atoms with Crippen molar-refractivity contribution in [3.05, 3.63) is 39.9 Å². The molecule has 0 radical (unpaired) electrons. The van der Waals surface area contributed by atoms with Crippen molar-refractivity contribution in [3.8, 4) is 0 Å². The molecule has 2 rings (SSSR count). The summed E-state index contributed by atoms with van der Waals surface area (Å²) in [5.74, 6) is -1.51. The quantitative estimate of drug-likeness (QED) is 0.699. The van der Waals surface area contributed by atoms with E-state index in [1.165, 1.54) is 12.3 Å². The first-order chi connectivity index (χ1) is 8.97. The third kappa shape index (κ3) is 3.12. The van der Waals surface area contributed by atoms with Crippen LogP contribution in [0, 0.1) is 5.82 Å². The monoisotopic (exact) mass is 299 g/mol. The molecule has 0 saturated heterocycles. The molecule has 0 aromatic carbocycles. The van der Waals surface area contributed by atoms with Crippen molar-refractivity contribution in [2.75, 3.05) is 5.32 Å². The molecule has 1 amide bonds. The molecule has 98 valence electrons. The highest BCUT2D eigenvalue weighted by molar-refractivity contribution is 7.14. The molecule has 0 unspecified atom stereocenters. The number of pyridine rings is 1. The normalized spacial score (nSPS) is 10.3. The second kappa shape index (κ2) is 5.41. The van der Waals surface area contributed by atoms with Crippen LogP contribution >= 0.6 is 22.9 Å². The smallest absolute Gasteiger partial charge is 0.260 e. The average Bonchev–Trinajstić information content (AvgIpc) is 2.80. The van der Waals surface area contributed by atoms with Crippen molar-refractivity contribution < 1.29 is 14.0 Å². The third-order valence-electron chi connectivity index (χ3n) is 2.14. The minimum absolute atomic E-state index is 0.0961. The van der Waals surface area contributed by atoms with E-state index in [1.54, 1.807) is 0 Å². The molecule has 2 aromatic rings. The fourth-order valence-corrected chi connectivity index (χ4v) is 2.17. The van der Waals surface area contributed by atoms with E-state index in [1.807, 2.05) is 0 Å². The van der Waals surface area contributed by atoms with Gasteiger partial charge in [0.05, 0.1) is 11.8 Å².